The first-order valence-corrected chi connectivity index (χ1v) is 9.49. The summed E-state index contributed by atoms with van der Waals surface area (Å²) in [5, 5.41) is 7.78. The van der Waals surface area contributed by atoms with E-state index in [0.717, 1.165) is 12.0 Å². The molecule has 1 fully saturated rings. The Bertz CT molecular complexity index is 715. The predicted octanol–water partition coefficient (Wildman–Crippen LogP) is 1.09. The Morgan fingerprint density at radius 2 is 1.96 bits per heavy atom. The number of carbonyl (C=O) groups excluding carboxylic acids is 2. The van der Waals surface area contributed by atoms with Crippen molar-refractivity contribution in [2.75, 3.05) is 13.1 Å². The molecule has 1 saturated heterocycles. The molecule has 0 radical (unpaired) electrons. The van der Waals surface area contributed by atoms with Crippen LogP contribution in [0.3, 0.4) is 0 Å². The van der Waals surface area contributed by atoms with Crippen molar-refractivity contribution in [3.8, 4) is 0 Å². The van der Waals surface area contributed by atoms with Gasteiger partial charge in [0.25, 0.3) is 0 Å². The summed E-state index contributed by atoms with van der Waals surface area (Å²) in [7, 11) is -3.70. The number of primary sulfonamides is 1. The Morgan fingerprint density at radius 3 is 2.46 bits per heavy atom. The van der Waals surface area contributed by atoms with E-state index in [1.165, 1.54) is 17.0 Å². The maximum absolute atomic E-state index is 12.1. The highest BCUT2D eigenvalue weighted by Gasteiger charge is 2.39. The molecule has 0 bridgehead atoms. The van der Waals surface area contributed by atoms with Crippen LogP contribution in [-0.2, 0) is 21.2 Å². The van der Waals surface area contributed by atoms with Gasteiger partial charge in [-0.2, -0.15) is 0 Å². The second kappa shape index (κ2) is 7.31. The molecule has 0 aromatic heterocycles. The molecule has 0 aliphatic carbocycles. The lowest BCUT2D eigenvalue weighted by Gasteiger charge is -2.15. The fourth-order valence-electron chi connectivity index (χ4n) is 2.96. The number of benzene rings is 1. The van der Waals surface area contributed by atoms with Crippen LogP contribution in [0.15, 0.2) is 29.2 Å². The Kier molecular flexibility index (Phi) is 5.61. The molecule has 2 rings (SSSR count). The van der Waals surface area contributed by atoms with Gasteiger partial charge in [-0.25, -0.2) is 18.4 Å². The van der Waals surface area contributed by atoms with E-state index < -0.39 is 10.0 Å². The molecule has 3 amide bonds. The minimum Gasteiger partial charge on any atom is -0.337 e. The molecule has 1 heterocycles. The fraction of sp³-hybridized carbons (Fsp3) is 0.500. The summed E-state index contributed by atoms with van der Waals surface area (Å²) in [5.41, 5.74) is 0.871. The minimum atomic E-state index is -3.70. The molecule has 0 saturated carbocycles. The number of rotatable bonds is 5. The van der Waals surface area contributed by atoms with Gasteiger partial charge in [-0.15, -0.1) is 0 Å². The molecule has 1 aromatic rings. The molecule has 0 unspecified atom stereocenters. The van der Waals surface area contributed by atoms with Gasteiger partial charge in [0.1, 0.15) is 0 Å². The number of nitrogens with one attached hydrogen (secondary N) is 1. The van der Waals surface area contributed by atoms with Crippen molar-refractivity contribution in [3.63, 3.8) is 0 Å². The monoisotopic (exact) mass is 353 g/mol. The highest BCUT2D eigenvalue weighted by atomic mass is 32.2. The van der Waals surface area contributed by atoms with Crippen molar-refractivity contribution in [1.29, 1.82) is 0 Å². The highest BCUT2D eigenvalue weighted by molar-refractivity contribution is 7.89. The molecule has 1 aliphatic rings. The molecule has 24 heavy (non-hydrogen) atoms. The van der Waals surface area contributed by atoms with Gasteiger partial charge in [-0.05, 0) is 36.5 Å². The van der Waals surface area contributed by atoms with E-state index >= 15 is 0 Å². The molecule has 2 atom stereocenters. The van der Waals surface area contributed by atoms with Gasteiger partial charge in [0.2, 0.25) is 15.9 Å². The topological polar surface area (TPSA) is 110 Å². The van der Waals surface area contributed by atoms with Crippen LogP contribution in [0.25, 0.3) is 0 Å². The first-order chi connectivity index (χ1) is 11.2. The van der Waals surface area contributed by atoms with Crippen LogP contribution >= 0.6 is 0 Å². The third kappa shape index (κ3) is 4.12. The van der Waals surface area contributed by atoms with Gasteiger partial charge in [0.15, 0.2) is 0 Å². The van der Waals surface area contributed by atoms with Crippen LogP contribution in [0, 0.1) is 11.8 Å². The zero-order chi connectivity index (χ0) is 17.9. The number of imide groups is 1. The Labute approximate surface area is 142 Å². The summed E-state index contributed by atoms with van der Waals surface area (Å²) in [6, 6.07) is 5.81. The standard InChI is InChI=1S/C16H23N3O4S/c1-3-14-11(2)10-19(15(14)20)16(21)18-9-8-12-4-6-13(7-5-12)24(17,22)23/h4-7,11,14H,3,8-10H2,1-2H3,(H,18,21)(H2,17,22,23)/t11-,14-/m0/s1. The van der Waals surface area contributed by atoms with Gasteiger partial charge < -0.3 is 5.32 Å². The molecule has 1 aliphatic heterocycles. The molecular weight excluding hydrogens is 330 g/mol. The van der Waals surface area contributed by atoms with Gasteiger partial charge >= 0.3 is 6.03 Å². The van der Waals surface area contributed by atoms with Crippen LogP contribution in [0.4, 0.5) is 4.79 Å². The third-order valence-corrected chi connectivity index (χ3v) is 5.30. The van der Waals surface area contributed by atoms with Gasteiger partial charge in [0, 0.05) is 19.0 Å². The predicted molar refractivity (Wildman–Crippen MR) is 89.6 cm³/mol. The van der Waals surface area contributed by atoms with Gasteiger partial charge in [0.05, 0.1) is 4.90 Å². The number of likely N-dealkylation sites (tertiary alicyclic amines) is 1. The second-order valence-electron chi connectivity index (χ2n) is 6.11. The summed E-state index contributed by atoms with van der Waals surface area (Å²) in [5.74, 6) is -0.0134. The maximum Gasteiger partial charge on any atom is 0.324 e. The summed E-state index contributed by atoms with van der Waals surface area (Å²) in [6.07, 6.45) is 1.27. The normalized spacial score (nSPS) is 21.1. The van der Waals surface area contributed by atoms with Crippen molar-refractivity contribution in [2.24, 2.45) is 17.0 Å². The molecule has 8 heteroatoms. The van der Waals surface area contributed by atoms with Crippen LogP contribution in [0.5, 0.6) is 0 Å². The third-order valence-electron chi connectivity index (χ3n) is 4.37. The molecule has 132 valence electrons. The van der Waals surface area contributed by atoms with E-state index in [1.807, 2.05) is 13.8 Å². The molecular formula is C16H23N3O4S. The van der Waals surface area contributed by atoms with E-state index in [1.54, 1.807) is 12.1 Å². The Morgan fingerprint density at radius 1 is 1.33 bits per heavy atom. The van der Waals surface area contributed by atoms with Crippen LogP contribution in [0.1, 0.15) is 25.8 Å². The number of urea groups is 1. The quantitative estimate of drug-likeness (QED) is 0.825. The first-order valence-electron chi connectivity index (χ1n) is 7.95. The van der Waals surface area contributed by atoms with Crippen molar-refractivity contribution in [1.82, 2.24) is 10.2 Å². The van der Waals surface area contributed by atoms with E-state index in [4.69, 9.17) is 5.14 Å². The van der Waals surface area contributed by atoms with E-state index in [0.29, 0.717) is 19.5 Å². The van der Waals surface area contributed by atoms with E-state index in [2.05, 4.69) is 5.32 Å². The average molecular weight is 353 g/mol. The largest absolute Gasteiger partial charge is 0.337 e. The van der Waals surface area contributed by atoms with Crippen LogP contribution < -0.4 is 10.5 Å². The lowest BCUT2D eigenvalue weighted by Crippen LogP contribution is -2.42. The smallest absolute Gasteiger partial charge is 0.324 e. The Balaban J connectivity index is 1.86. The lowest BCUT2D eigenvalue weighted by atomic mass is 9.95. The number of nitrogens with two attached hydrogens (primary N) is 1. The van der Waals surface area contributed by atoms with E-state index in [-0.39, 0.29) is 28.7 Å². The minimum absolute atomic E-state index is 0.0533. The molecule has 3 N–H and O–H groups in total. The SMILES string of the molecule is CC[C@@H]1C(=O)N(C(=O)NCCc2ccc(S(N)(=O)=O)cc2)C[C@@H]1C. The van der Waals surface area contributed by atoms with E-state index in [9.17, 15) is 18.0 Å². The number of nitrogens with zero attached hydrogens (tertiary/aromatic N) is 1. The average Bonchev–Trinajstić information content (AvgIpc) is 2.81. The maximum atomic E-state index is 12.1. The van der Waals surface area contributed by atoms with Gasteiger partial charge in [-0.1, -0.05) is 26.0 Å². The zero-order valence-electron chi connectivity index (χ0n) is 13.9. The van der Waals surface area contributed by atoms with Crippen LogP contribution in [-0.4, -0.2) is 38.3 Å². The fourth-order valence-corrected chi connectivity index (χ4v) is 3.48. The first kappa shape index (κ1) is 18.4. The summed E-state index contributed by atoms with van der Waals surface area (Å²) in [4.78, 5) is 25.6. The number of hydrogen-bond donors (Lipinski definition) is 2. The summed E-state index contributed by atoms with van der Waals surface area (Å²) in [6.45, 7) is 4.74. The number of amides is 3. The highest BCUT2D eigenvalue weighted by Crippen LogP contribution is 2.26. The van der Waals surface area contributed by atoms with Crippen molar-refractivity contribution < 1.29 is 18.0 Å². The molecule has 7 nitrogen and oxygen atoms in total. The Hall–Kier alpha value is -1.93. The van der Waals surface area contributed by atoms with Crippen molar-refractivity contribution >= 4 is 22.0 Å². The number of hydrogen-bond acceptors (Lipinski definition) is 4. The van der Waals surface area contributed by atoms with Crippen molar-refractivity contribution in [3.05, 3.63) is 29.8 Å². The van der Waals surface area contributed by atoms with Gasteiger partial charge in [-0.3, -0.25) is 9.69 Å². The molecule has 0 spiro atoms. The molecule has 1 aromatic carbocycles. The number of sulfonamides is 1. The summed E-state index contributed by atoms with van der Waals surface area (Å²) < 4.78 is 22.4. The zero-order valence-corrected chi connectivity index (χ0v) is 14.7. The van der Waals surface area contributed by atoms with Crippen LogP contribution in [0.2, 0.25) is 0 Å². The van der Waals surface area contributed by atoms with Crippen molar-refractivity contribution in [2.45, 2.75) is 31.6 Å². The lowest BCUT2D eigenvalue weighted by molar-refractivity contribution is -0.128. The summed E-state index contributed by atoms with van der Waals surface area (Å²) >= 11 is 0. The number of carbonyl (C=O) groups is 2. The second-order valence-corrected chi connectivity index (χ2v) is 7.67.